The second kappa shape index (κ2) is 8.30. The van der Waals surface area contributed by atoms with E-state index >= 15 is 0 Å². The van der Waals surface area contributed by atoms with Crippen LogP contribution in [0.3, 0.4) is 0 Å². The highest BCUT2D eigenvalue weighted by molar-refractivity contribution is 5.94. The lowest BCUT2D eigenvalue weighted by molar-refractivity contribution is 0.239. The van der Waals surface area contributed by atoms with Gasteiger partial charge in [-0.15, -0.1) is 0 Å². The zero-order chi connectivity index (χ0) is 18.4. The molecule has 0 aliphatic rings. The molecular formula is C18H22N6O2. The molecule has 136 valence electrons. The number of nitrogens with zero attached hydrogens (tertiary/aromatic N) is 2. The average molecular weight is 354 g/mol. The van der Waals surface area contributed by atoms with E-state index in [1.807, 2.05) is 37.3 Å². The molecule has 0 aliphatic heterocycles. The largest absolute Gasteiger partial charge is 0.396 e. The Morgan fingerprint density at radius 3 is 2.85 bits per heavy atom. The third kappa shape index (κ3) is 4.09. The zero-order valence-electron chi connectivity index (χ0n) is 14.5. The van der Waals surface area contributed by atoms with Gasteiger partial charge in [0.2, 0.25) is 0 Å². The molecule has 3 rings (SSSR count). The van der Waals surface area contributed by atoms with Crippen LogP contribution < -0.4 is 16.0 Å². The van der Waals surface area contributed by atoms with Crippen molar-refractivity contribution in [1.82, 2.24) is 20.5 Å². The fourth-order valence-corrected chi connectivity index (χ4v) is 2.73. The van der Waals surface area contributed by atoms with Crippen molar-refractivity contribution >= 4 is 28.6 Å². The van der Waals surface area contributed by atoms with Gasteiger partial charge in [-0.2, -0.15) is 5.10 Å². The minimum absolute atomic E-state index is 0.0224. The number of aromatic amines is 1. The second-order valence-corrected chi connectivity index (χ2v) is 5.79. The SMILES string of the molecule is CCNc1n[nH]c2cc(NC(=O)N[C@H](CCO)c3ccccc3)ncc12. The summed E-state index contributed by atoms with van der Waals surface area (Å²) in [6.07, 6.45) is 2.09. The third-order valence-corrected chi connectivity index (χ3v) is 3.96. The summed E-state index contributed by atoms with van der Waals surface area (Å²) in [5.74, 6) is 1.15. The van der Waals surface area contributed by atoms with Crippen LogP contribution in [0.1, 0.15) is 24.9 Å². The summed E-state index contributed by atoms with van der Waals surface area (Å²) in [4.78, 5) is 16.6. The molecule has 8 nitrogen and oxygen atoms in total. The number of H-pyrrole nitrogens is 1. The third-order valence-electron chi connectivity index (χ3n) is 3.96. The van der Waals surface area contributed by atoms with Crippen LogP contribution in [-0.4, -0.2) is 39.5 Å². The molecule has 2 aromatic heterocycles. The van der Waals surface area contributed by atoms with Crippen molar-refractivity contribution in [2.75, 3.05) is 23.8 Å². The number of carbonyl (C=O) groups is 1. The van der Waals surface area contributed by atoms with Crippen molar-refractivity contribution in [3.8, 4) is 0 Å². The van der Waals surface area contributed by atoms with Crippen molar-refractivity contribution < 1.29 is 9.90 Å². The molecule has 1 aromatic carbocycles. The molecule has 0 fully saturated rings. The predicted octanol–water partition coefficient (Wildman–Crippen LogP) is 2.63. The van der Waals surface area contributed by atoms with Crippen LogP contribution in [0, 0.1) is 0 Å². The van der Waals surface area contributed by atoms with Gasteiger partial charge in [0.25, 0.3) is 0 Å². The Kier molecular flexibility index (Phi) is 5.65. The highest BCUT2D eigenvalue weighted by Gasteiger charge is 2.15. The maximum absolute atomic E-state index is 12.3. The van der Waals surface area contributed by atoms with Crippen LogP contribution in [0.15, 0.2) is 42.6 Å². The number of fused-ring (bicyclic) bond motifs is 1. The van der Waals surface area contributed by atoms with Crippen LogP contribution in [0.5, 0.6) is 0 Å². The number of rotatable bonds is 7. The summed E-state index contributed by atoms with van der Waals surface area (Å²) >= 11 is 0. The van der Waals surface area contributed by atoms with Gasteiger partial charge in [0.05, 0.1) is 16.9 Å². The number of anilines is 2. The molecule has 0 bridgehead atoms. The summed E-state index contributed by atoms with van der Waals surface area (Å²) in [5.41, 5.74) is 1.71. The van der Waals surface area contributed by atoms with Gasteiger partial charge in [-0.05, 0) is 18.9 Å². The van der Waals surface area contributed by atoms with Crippen LogP contribution >= 0.6 is 0 Å². The summed E-state index contributed by atoms with van der Waals surface area (Å²) < 4.78 is 0. The Bertz CT molecular complexity index is 865. The molecule has 0 saturated carbocycles. The lowest BCUT2D eigenvalue weighted by atomic mass is 10.0. The van der Waals surface area contributed by atoms with Gasteiger partial charge < -0.3 is 15.7 Å². The number of hydrogen-bond donors (Lipinski definition) is 5. The molecule has 3 aromatic rings. The first-order valence-electron chi connectivity index (χ1n) is 8.52. The van der Waals surface area contributed by atoms with E-state index in [-0.39, 0.29) is 18.7 Å². The minimum atomic E-state index is -0.384. The van der Waals surface area contributed by atoms with Crippen LogP contribution in [0.2, 0.25) is 0 Å². The summed E-state index contributed by atoms with van der Waals surface area (Å²) in [6, 6.07) is 10.6. The molecule has 0 spiro atoms. The lowest BCUT2D eigenvalue weighted by Crippen LogP contribution is -2.33. The molecule has 0 radical (unpaired) electrons. The quantitative estimate of drug-likeness (QED) is 0.447. The van der Waals surface area contributed by atoms with Crippen molar-refractivity contribution in [2.45, 2.75) is 19.4 Å². The molecule has 0 saturated heterocycles. The van der Waals surface area contributed by atoms with E-state index in [0.29, 0.717) is 12.2 Å². The predicted molar refractivity (Wildman–Crippen MR) is 101 cm³/mol. The minimum Gasteiger partial charge on any atom is -0.396 e. The van der Waals surface area contributed by atoms with E-state index in [1.54, 1.807) is 12.3 Å². The molecule has 8 heteroatoms. The normalized spacial score (nSPS) is 11.9. The molecule has 0 aliphatic carbocycles. The Balaban J connectivity index is 1.69. The van der Waals surface area contributed by atoms with Gasteiger partial charge >= 0.3 is 6.03 Å². The molecule has 5 N–H and O–H groups in total. The van der Waals surface area contributed by atoms with E-state index in [4.69, 9.17) is 0 Å². The number of nitrogens with one attached hydrogen (secondary N) is 4. The van der Waals surface area contributed by atoms with Gasteiger partial charge in [-0.3, -0.25) is 10.4 Å². The number of carbonyl (C=O) groups excluding carboxylic acids is 1. The first kappa shape index (κ1) is 17.7. The number of amides is 2. The van der Waals surface area contributed by atoms with E-state index in [0.717, 1.165) is 28.8 Å². The van der Waals surface area contributed by atoms with Gasteiger partial charge in [0.1, 0.15) is 5.82 Å². The van der Waals surface area contributed by atoms with E-state index < -0.39 is 0 Å². The number of aromatic nitrogens is 3. The van der Waals surface area contributed by atoms with Gasteiger partial charge in [-0.1, -0.05) is 30.3 Å². The van der Waals surface area contributed by atoms with Crippen LogP contribution in [0.25, 0.3) is 10.9 Å². The fraction of sp³-hybridized carbons (Fsp3) is 0.278. The standard InChI is InChI=1S/C18H22N6O2/c1-2-19-17-13-11-20-16(10-15(13)23-24-17)22-18(26)21-14(8-9-25)12-6-4-3-5-7-12/h3-7,10-11,14,25H,2,8-9H2,1H3,(H2,19,23,24)(H2,20,21,22,26)/t14-/m1/s1. The van der Waals surface area contributed by atoms with Crippen LogP contribution in [0.4, 0.5) is 16.4 Å². The molecule has 26 heavy (non-hydrogen) atoms. The maximum Gasteiger partial charge on any atom is 0.320 e. The molecule has 0 unspecified atom stereocenters. The smallest absolute Gasteiger partial charge is 0.320 e. The Morgan fingerprint density at radius 1 is 1.31 bits per heavy atom. The molecule has 2 heterocycles. The highest BCUT2D eigenvalue weighted by Crippen LogP contribution is 2.22. The van der Waals surface area contributed by atoms with Crippen molar-refractivity contribution in [1.29, 1.82) is 0 Å². The summed E-state index contributed by atoms with van der Waals surface area (Å²) in [5, 5.41) is 26.0. The number of pyridine rings is 1. The van der Waals surface area contributed by atoms with Crippen molar-refractivity contribution in [3.63, 3.8) is 0 Å². The first-order chi connectivity index (χ1) is 12.7. The lowest BCUT2D eigenvalue weighted by Gasteiger charge is -2.18. The fourth-order valence-electron chi connectivity index (χ4n) is 2.73. The Morgan fingerprint density at radius 2 is 2.12 bits per heavy atom. The maximum atomic E-state index is 12.3. The highest BCUT2D eigenvalue weighted by atomic mass is 16.3. The van der Waals surface area contributed by atoms with E-state index in [2.05, 4.69) is 31.1 Å². The number of aliphatic hydroxyl groups excluding tert-OH is 1. The second-order valence-electron chi connectivity index (χ2n) is 5.79. The van der Waals surface area contributed by atoms with Crippen molar-refractivity contribution in [2.24, 2.45) is 0 Å². The number of hydrogen-bond acceptors (Lipinski definition) is 5. The number of urea groups is 1. The monoisotopic (exact) mass is 354 g/mol. The zero-order valence-corrected chi connectivity index (χ0v) is 14.5. The average Bonchev–Trinajstić information content (AvgIpc) is 3.05. The van der Waals surface area contributed by atoms with E-state index in [1.165, 1.54) is 0 Å². The number of benzene rings is 1. The molecular weight excluding hydrogens is 332 g/mol. The topological polar surface area (TPSA) is 115 Å². The molecule has 1 atom stereocenters. The Labute approximate surface area is 151 Å². The first-order valence-corrected chi connectivity index (χ1v) is 8.52. The Hall–Kier alpha value is -3.13. The number of aliphatic hydroxyl groups is 1. The summed E-state index contributed by atoms with van der Waals surface area (Å²) in [7, 11) is 0. The molecule has 2 amide bonds. The van der Waals surface area contributed by atoms with Gasteiger partial charge in [-0.25, -0.2) is 9.78 Å². The van der Waals surface area contributed by atoms with Gasteiger partial charge in [0, 0.05) is 25.4 Å². The van der Waals surface area contributed by atoms with E-state index in [9.17, 15) is 9.90 Å². The van der Waals surface area contributed by atoms with Crippen LogP contribution in [-0.2, 0) is 0 Å². The summed E-state index contributed by atoms with van der Waals surface area (Å²) in [6.45, 7) is 2.73. The van der Waals surface area contributed by atoms with Crippen molar-refractivity contribution in [3.05, 3.63) is 48.2 Å². The van der Waals surface area contributed by atoms with Gasteiger partial charge in [0.15, 0.2) is 5.82 Å².